The molecule has 0 spiro atoms. The fourth-order valence-corrected chi connectivity index (χ4v) is 9.41. The third-order valence-corrected chi connectivity index (χ3v) is 13.3. The van der Waals surface area contributed by atoms with Crippen LogP contribution in [0.25, 0.3) is 0 Å². The first kappa shape index (κ1) is 44.1. The van der Waals surface area contributed by atoms with Crippen molar-refractivity contribution in [2.75, 3.05) is 64.7 Å². The van der Waals surface area contributed by atoms with Crippen molar-refractivity contribution in [1.29, 1.82) is 0 Å². The molecule has 1 aromatic rings. The highest BCUT2D eigenvalue weighted by Gasteiger charge is 2.45. The SMILES string of the molecule is CN1C(C)(C)CC(OCCCNc2nc(CCCOC3CC(C)(C)N(C)C(C)(C)C3)nc(NCCCOC3CC(C)(C)N(C)C(C)(C)C3)n2)CC1(C)C. The van der Waals surface area contributed by atoms with Gasteiger partial charge in [-0.05, 0) is 162 Å². The van der Waals surface area contributed by atoms with Crippen LogP contribution in [0.15, 0.2) is 0 Å². The Bertz CT molecular complexity index is 1190. The summed E-state index contributed by atoms with van der Waals surface area (Å²) in [5.41, 5.74) is 0.694. The lowest BCUT2D eigenvalue weighted by Gasteiger charge is -2.53. The van der Waals surface area contributed by atoms with E-state index >= 15 is 0 Å². The number of aromatic nitrogens is 3. The second kappa shape index (κ2) is 17.2. The fraction of sp³-hybridized carbons (Fsp3) is 0.929. The van der Waals surface area contributed by atoms with Crippen LogP contribution in [0.5, 0.6) is 0 Å². The van der Waals surface area contributed by atoms with Crippen LogP contribution < -0.4 is 10.6 Å². The molecule has 3 aliphatic heterocycles. The Hall–Kier alpha value is -1.63. The van der Waals surface area contributed by atoms with Crippen molar-refractivity contribution in [3.05, 3.63) is 5.82 Å². The zero-order valence-electron chi connectivity index (χ0n) is 36.7. The highest BCUT2D eigenvalue weighted by molar-refractivity contribution is 5.34. The van der Waals surface area contributed by atoms with Crippen LogP contribution in [0, 0.1) is 0 Å². The molecule has 3 fully saturated rings. The number of aryl methyl sites for hydroxylation is 1. The Morgan fingerprint density at radius 1 is 0.472 bits per heavy atom. The van der Waals surface area contributed by atoms with Gasteiger partial charge in [0.15, 0.2) is 0 Å². The number of hydrogen-bond donors (Lipinski definition) is 2. The van der Waals surface area contributed by atoms with Crippen LogP contribution in [-0.4, -0.2) is 135 Å². The summed E-state index contributed by atoms with van der Waals surface area (Å²) in [5.74, 6) is 2.02. The predicted octanol–water partition coefficient (Wildman–Crippen LogP) is 7.41. The topological polar surface area (TPSA) is 100 Å². The van der Waals surface area contributed by atoms with Crippen LogP contribution in [0.4, 0.5) is 11.9 Å². The van der Waals surface area contributed by atoms with Crippen LogP contribution in [0.3, 0.4) is 0 Å². The van der Waals surface area contributed by atoms with E-state index in [1.807, 2.05) is 0 Å². The van der Waals surface area contributed by atoms with E-state index in [0.717, 1.165) is 83.1 Å². The average Bonchev–Trinajstić information content (AvgIpc) is 3.02. The highest BCUT2D eigenvalue weighted by Crippen LogP contribution is 2.40. The van der Waals surface area contributed by atoms with Gasteiger partial charge in [0.25, 0.3) is 0 Å². The minimum absolute atomic E-state index is 0.110. The molecular weight excluding hydrogens is 665 g/mol. The molecule has 1 aromatic heterocycles. The first-order valence-corrected chi connectivity index (χ1v) is 20.7. The lowest BCUT2D eigenvalue weighted by Crippen LogP contribution is -2.60. The van der Waals surface area contributed by atoms with E-state index in [1.54, 1.807) is 0 Å². The Morgan fingerprint density at radius 3 is 1.06 bits per heavy atom. The summed E-state index contributed by atoms with van der Waals surface area (Å²) in [6.45, 7) is 31.5. The van der Waals surface area contributed by atoms with Crippen molar-refractivity contribution < 1.29 is 14.2 Å². The molecule has 3 saturated heterocycles. The molecule has 0 atom stereocenters. The number of hydrogen-bond acceptors (Lipinski definition) is 11. The zero-order valence-corrected chi connectivity index (χ0v) is 36.7. The lowest BCUT2D eigenvalue weighted by molar-refractivity contribution is -0.0919. The third kappa shape index (κ3) is 11.9. The van der Waals surface area contributed by atoms with Gasteiger partial charge in [-0.25, -0.2) is 0 Å². The van der Waals surface area contributed by atoms with Gasteiger partial charge < -0.3 is 24.8 Å². The zero-order chi connectivity index (χ0) is 39.5. The summed E-state index contributed by atoms with van der Waals surface area (Å²) >= 11 is 0. The Kier molecular flexibility index (Phi) is 14.3. The minimum Gasteiger partial charge on any atom is -0.378 e. The third-order valence-electron chi connectivity index (χ3n) is 13.3. The first-order valence-electron chi connectivity index (χ1n) is 20.7. The van der Waals surface area contributed by atoms with Crippen LogP contribution in [-0.2, 0) is 20.6 Å². The molecule has 0 bridgehead atoms. The number of likely N-dealkylation sites (tertiary alicyclic amines) is 3. The molecule has 2 N–H and O–H groups in total. The Morgan fingerprint density at radius 2 is 0.755 bits per heavy atom. The number of nitrogens with one attached hydrogen (secondary N) is 2. The lowest BCUT2D eigenvalue weighted by atomic mass is 9.79. The van der Waals surface area contributed by atoms with E-state index in [-0.39, 0.29) is 51.5 Å². The van der Waals surface area contributed by atoms with E-state index in [2.05, 4.69) is 130 Å². The van der Waals surface area contributed by atoms with Crippen molar-refractivity contribution in [2.45, 2.75) is 199 Å². The molecule has 0 saturated carbocycles. The monoisotopic (exact) mass is 745 g/mol. The normalized spacial score (nSPS) is 25.0. The van der Waals surface area contributed by atoms with E-state index in [0.29, 0.717) is 31.7 Å². The first-order chi connectivity index (χ1) is 24.4. The van der Waals surface area contributed by atoms with Gasteiger partial charge in [0.2, 0.25) is 11.9 Å². The molecule has 0 aromatic carbocycles. The number of ether oxygens (including phenoxy) is 3. The van der Waals surface area contributed by atoms with Gasteiger partial charge in [-0.1, -0.05) is 0 Å². The molecule has 0 unspecified atom stereocenters. The average molecular weight is 745 g/mol. The summed E-state index contributed by atoms with van der Waals surface area (Å²) in [4.78, 5) is 21.9. The second-order valence-electron chi connectivity index (χ2n) is 20.3. The minimum atomic E-state index is 0.110. The molecule has 53 heavy (non-hydrogen) atoms. The van der Waals surface area contributed by atoms with Gasteiger partial charge in [-0.3, -0.25) is 14.7 Å². The maximum absolute atomic E-state index is 6.47. The maximum Gasteiger partial charge on any atom is 0.227 e. The van der Waals surface area contributed by atoms with Gasteiger partial charge in [-0.15, -0.1) is 0 Å². The van der Waals surface area contributed by atoms with Gasteiger partial charge in [-0.2, -0.15) is 15.0 Å². The van der Waals surface area contributed by atoms with E-state index in [1.165, 1.54) is 0 Å². The molecule has 0 aliphatic carbocycles. The van der Waals surface area contributed by atoms with Crippen LogP contribution in [0.1, 0.15) is 147 Å². The molecular formula is C42H80N8O3. The van der Waals surface area contributed by atoms with Gasteiger partial charge in [0, 0.05) is 72.6 Å². The number of rotatable bonds is 17. The highest BCUT2D eigenvalue weighted by atomic mass is 16.5. The summed E-state index contributed by atoms with van der Waals surface area (Å²) in [6, 6.07) is 0. The fourth-order valence-electron chi connectivity index (χ4n) is 9.41. The molecule has 0 radical (unpaired) electrons. The molecule has 306 valence electrons. The summed E-state index contributed by atoms with van der Waals surface area (Å²) in [6.07, 6.45) is 10.4. The maximum atomic E-state index is 6.47. The molecule has 0 amide bonds. The van der Waals surface area contributed by atoms with E-state index in [9.17, 15) is 0 Å². The van der Waals surface area contributed by atoms with E-state index in [4.69, 9.17) is 29.2 Å². The van der Waals surface area contributed by atoms with Gasteiger partial charge in [0.05, 0.1) is 18.3 Å². The molecule has 3 aliphatic rings. The Labute approximate surface area is 324 Å². The van der Waals surface area contributed by atoms with Crippen LogP contribution >= 0.6 is 0 Å². The largest absolute Gasteiger partial charge is 0.378 e. The van der Waals surface area contributed by atoms with Crippen molar-refractivity contribution in [3.63, 3.8) is 0 Å². The Balaban J connectivity index is 1.29. The van der Waals surface area contributed by atoms with Crippen molar-refractivity contribution in [1.82, 2.24) is 29.7 Å². The van der Waals surface area contributed by atoms with Crippen molar-refractivity contribution in [2.24, 2.45) is 0 Å². The molecule has 4 heterocycles. The van der Waals surface area contributed by atoms with E-state index < -0.39 is 0 Å². The predicted molar refractivity (Wildman–Crippen MR) is 219 cm³/mol. The number of anilines is 2. The van der Waals surface area contributed by atoms with Gasteiger partial charge in [0.1, 0.15) is 5.82 Å². The van der Waals surface area contributed by atoms with Gasteiger partial charge >= 0.3 is 0 Å². The smallest absolute Gasteiger partial charge is 0.227 e. The second-order valence-corrected chi connectivity index (χ2v) is 20.3. The van der Waals surface area contributed by atoms with Crippen LogP contribution in [0.2, 0.25) is 0 Å². The summed E-state index contributed by atoms with van der Waals surface area (Å²) < 4.78 is 19.3. The summed E-state index contributed by atoms with van der Waals surface area (Å²) in [7, 11) is 6.71. The van der Waals surface area contributed by atoms with Crippen molar-refractivity contribution >= 4 is 11.9 Å². The molecule has 4 rings (SSSR count). The quantitative estimate of drug-likeness (QED) is 0.156. The summed E-state index contributed by atoms with van der Waals surface area (Å²) in [5, 5.41) is 6.95. The number of piperidine rings is 3. The standard InChI is InChI=1S/C42H80N8O3/c1-37(2)25-31(26-38(3,4)48(37)13)51-22-16-19-34-45-35(43-20-17-23-52-32-27-39(5,6)49(14)40(7,8)28-32)47-36(46-34)44-21-18-24-53-33-29-41(9,10)50(15)42(11,12)30-33/h31-33H,16-30H2,1-15H3,(H2,43,44,45,46,47). The van der Waals surface area contributed by atoms with Crippen molar-refractivity contribution in [3.8, 4) is 0 Å². The molecule has 11 heteroatoms. The molecule has 11 nitrogen and oxygen atoms in total. The number of nitrogens with zero attached hydrogens (tertiary/aromatic N) is 6.